The van der Waals surface area contributed by atoms with Gasteiger partial charge in [-0.25, -0.2) is 0 Å². The molecule has 2 saturated carbocycles. The van der Waals surface area contributed by atoms with E-state index < -0.39 is 0 Å². The Morgan fingerprint density at radius 2 is 1.65 bits per heavy atom. The van der Waals surface area contributed by atoms with E-state index in [1.807, 2.05) is 0 Å². The molecule has 0 aromatic carbocycles. The molecule has 2 aliphatic carbocycles. The molecule has 0 heterocycles. The van der Waals surface area contributed by atoms with Crippen LogP contribution in [-0.4, -0.2) is 29.5 Å². The highest BCUT2D eigenvalue weighted by Crippen LogP contribution is 2.27. The van der Waals surface area contributed by atoms with Gasteiger partial charge in [0, 0.05) is 5.54 Å². The molecule has 3 heteroatoms. The summed E-state index contributed by atoms with van der Waals surface area (Å²) < 4.78 is 5.92. The van der Waals surface area contributed by atoms with E-state index in [0.717, 1.165) is 32.1 Å². The van der Waals surface area contributed by atoms with Gasteiger partial charge in [-0.3, -0.25) is 0 Å². The topological polar surface area (TPSA) is 55.5 Å². The maximum atomic E-state index is 9.87. The standard InChI is InChI=1S/C14H27NO2/c15-14(9-5-1-2-6-10-14)11-17-13-8-4-3-7-12(13)16/h12-13,16H,1-11,15H2. The summed E-state index contributed by atoms with van der Waals surface area (Å²) in [5.41, 5.74) is 6.28. The van der Waals surface area contributed by atoms with Crippen LogP contribution in [0.15, 0.2) is 0 Å². The lowest BCUT2D eigenvalue weighted by Crippen LogP contribution is -2.46. The Morgan fingerprint density at radius 1 is 1.00 bits per heavy atom. The highest BCUT2D eigenvalue weighted by molar-refractivity contribution is 4.87. The molecule has 0 spiro atoms. The van der Waals surface area contributed by atoms with Crippen molar-refractivity contribution in [2.45, 2.75) is 82.0 Å². The molecule has 3 nitrogen and oxygen atoms in total. The first kappa shape index (κ1) is 13.3. The van der Waals surface area contributed by atoms with E-state index in [1.165, 1.54) is 32.1 Å². The number of nitrogens with two attached hydrogens (primary N) is 1. The summed E-state index contributed by atoms with van der Waals surface area (Å²) in [7, 11) is 0. The van der Waals surface area contributed by atoms with Gasteiger partial charge in [0.15, 0.2) is 0 Å². The largest absolute Gasteiger partial charge is 0.390 e. The highest BCUT2D eigenvalue weighted by Gasteiger charge is 2.30. The van der Waals surface area contributed by atoms with Crippen molar-refractivity contribution >= 4 is 0 Å². The predicted molar refractivity (Wildman–Crippen MR) is 68.8 cm³/mol. The zero-order valence-corrected chi connectivity index (χ0v) is 10.9. The number of aliphatic hydroxyl groups excluding tert-OH is 1. The molecule has 2 fully saturated rings. The lowest BCUT2D eigenvalue weighted by Gasteiger charge is -2.33. The van der Waals surface area contributed by atoms with E-state index in [-0.39, 0.29) is 17.7 Å². The summed E-state index contributed by atoms with van der Waals surface area (Å²) in [5, 5.41) is 9.87. The fourth-order valence-corrected chi connectivity index (χ4v) is 3.12. The van der Waals surface area contributed by atoms with Crippen LogP contribution in [0.1, 0.15) is 64.2 Å². The minimum absolute atomic E-state index is 0.0347. The van der Waals surface area contributed by atoms with Gasteiger partial charge in [-0.05, 0) is 25.7 Å². The van der Waals surface area contributed by atoms with Crippen LogP contribution in [0, 0.1) is 0 Å². The highest BCUT2D eigenvalue weighted by atomic mass is 16.5. The van der Waals surface area contributed by atoms with E-state index in [0.29, 0.717) is 6.61 Å². The van der Waals surface area contributed by atoms with E-state index in [4.69, 9.17) is 10.5 Å². The Labute approximate surface area is 105 Å². The van der Waals surface area contributed by atoms with Crippen LogP contribution >= 0.6 is 0 Å². The summed E-state index contributed by atoms with van der Waals surface area (Å²) in [6.45, 7) is 0.634. The maximum absolute atomic E-state index is 9.87. The molecule has 2 aliphatic rings. The first-order chi connectivity index (χ1) is 8.20. The zero-order chi connectivity index (χ0) is 12.1. The lowest BCUT2D eigenvalue weighted by atomic mass is 9.91. The Hall–Kier alpha value is -0.120. The van der Waals surface area contributed by atoms with Gasteiger partial charge >= 0.3 is 0 Å². The van der Waals surface area contributed by atoms with E-state index >= 15 is 0 Å². The summed E-state index contributed by atoms with van der Waals surface area (Å²) in [5.74, 6) is 0. The number of aliphatic hydroxyl groups is 1. The molecule has 0 aliphatic heterocycles. The van der Waals surface area contributed by atoms with Gasteiger partial charge in [-0.2, -0.15) is 0 Å². The average molecular weight is 241 g/mol. The van der Waals surface area contributed by atoms with Crippen molar-refractivity contribution < 1.29 is 9.84 Å². The average Bonchev–Trinajstić information content (AvgIpc) is 2.54. The molecular formula is C14H27NO2. The molecule has 17 heavy (non-hydrogen) atoms. The van der Waals surface area contributed by atoms with Crippen molar-refractivity contribution in [2.24, 2.45) is 5.73 Å². The Morgan fingerprint density at radius 3 is 2.29 bits per heavy atom. The van der Waals surface area contributed by atoms with Crippen molar-refractivity contribution in [3.05, 3.63) is 0 Å². The Balaban J connectivity index is 1.79. The van der Waals surface area contributed by atoms with Crippen molar-refractivity contribution in [3.8, 4) is 0 Å². The fourth-order valence-electron chi connectivity index (χ4n) is 3.12. The van der Waals surface area contributed by atoms with Crippen molar-refractivity contribution in [3.63, 3.8) is 0 Å². The molecule has 0 radical (unpaired) electrons. The van der Waals surface area contributed by atoms with Crippen LogP contribution in [0.5, 0.6) is 0 Å². The quantitative estimate of drug-likeness (QED) is 0.746. The molecule has 2 unspecified atom stereocenters. The lowest BCUT2D eigenvalue weighted by molar-refractivity contribution is -0.0742. The van der Waals surface area contributed by atoms with Gasteiger partial charge in [-0.15, -0.1) is 0 Å². The normalized spacial score (nSPS) is 34.2. The fraction of sp³-hybridized carbons (Fsp3) is 1.00. The first-order valence-corrected chi connectivity index (χ1v) is 7.28. The molecule has 3 N–H and O–H groups in total. The Kier molecular flexibility index (Phi) is 4.83. The molecule has 2 rings (SSSR count). The van der Waals surface area contributed by atoms with Gasteiger partial charge in [0.25, 0.3) is 0 Å². The van der Waals surface area contributed by atoms with Gasteiger partial charge in [0.05, 0.1) is 18.8 Å². The van der Waals surface area contributed by atoms with Gasteiger partial charge in [0.1, 0.15) is 0 Å². The summed E-state index contributed by atoms with van der Waals surface area (Å²) >= 11 is 0. The van der Waals surface area contributed by atoms with Gasteiger partial charge in [0.2, 0.25) is 0 Å². The van der Waals surface area contributed by atoms with Crippen molar-refractivity contribution in [2.75, 3.05) is 6.61 Å². The zero-order valence-electron chi connectivity index (χ0n) is 10.9. The second-order valence-electron chi connectivity index (χ2n) is 5.98. The summed E-state index contributed by atoms with van der Waals surface area (Å²) in [6.07, 6.45) is 11.2. The number of hydrogen-bond donors (Lipinski definition) is 2. The van der Waals surface area contributed by atoms with E-state index in [2.05, 4.69) is 0 Å². The number of ether oxygens (including phenoxy) is 1. The molecule has 0 bridgehead atoms. The molecule has 2 atom stereocenters. The Bertz CT molecular complexity index is 224. The SMILES string of the molecule is NC1(COC2CCCCC2O)CCCCCC1. The number of rotatable bonds is 3. The van der Waals surface area contributed by atoms with Crippen LogP contribution in [-0.2, 0) is 4.74 Å². The van der Waals surface area contributed by atoms with Crippen molar-refractivity contribution in [1.29, 1.82) is 0 Å². The van der Waals surface area contributed by atoms with Crippen molar-refractivity contribution in [1.82, 2.24) is 0 Å². The molecule has 0 aromatic heterocycles. The first-order valence-electron chi connectivity index (χ1n) is 7.28. The molecule has 0 saturated heterocycles. The minimum Gasteiger partial charge on any atom is -0.390 e. The molecular weight excluding hydrogens is 214 g/mol. The van der Waals surface area contributed by atoms with Gasteiger partial charge < -0.3 is 15.6 Å². The van der Waals surface area contributed by atoms with Crippen LogP contribution in [0.3, 0.4) is 0 Å². The summed E-state index contributed by atoms with van der Waals surface area (Å²) in [4.78, 5) is 0. The van der Waals surface area contributed by atoms with E-state index in [1.54, 1.807) is 0 Å². The molecule has 100 valence electrons. The minimum atomic E-state index is -0.266. The maximum Gasteiger partial charge on any atom is 0.0834 e. The van der Waals surface area contributed by atoms with Gasteiger partial charge in [-0.1, -0.05) is 38.5 Å². The molecule has 0 amide bonds. The van der Waals surface area contributed by atoms with Crippen LogP contribution in [0.4, 0.5) is 0 Å². The second-order valence-corrected chi connectivity index (χ2v) is 5.98. The third-order valence-electron chi connectivity index (χ3n) is 4.35. The second kappa shape index (κ2) is 6.17. The van der Waals surface area contributed by atoms with Crippen LogP contribution in [0.25, 0.3) is 0 Å². The third-order valence-corrected chi connectivity index (χ3v) is 4.35. The molecule has 0 aromatic rings. The number of hydrogen-bond acceptors (Lipinski definition) is 3. The monoisotopic (exact) mass is 241 g/mol. The van der Waals surface area contributed by atoms with Crippen LogP contribution < -0.4 is 5.73 Å². The summed E-state index contributed by atoms with van der Waals surface area (Å²) in [6, 6.07) is 0. The van der Waals surface area contributed by atoms with E-state index in [9.17, 15) is 5.11 Å². The smallest absolute Gasteiger partial charge is 0.0834 e. The third kappa shape index (κ3) is 3.94. The predicted octanol–water partition coefficient (Wildman–Crippen LogP) is 2.36. The van der Waals surface area contributed by atoms with Crippen LogP contribution in [0.2, 0.25) is 0 Å².